The van der Waals surface area contributed by atoms with Crippen LogP contribution in [0.15, 0.2) is 0 Å². The molecule has 1 N–H and O–H groups in total. The lowest BCUT2D eigenvalue weighted by Crippen LogP contribution is -2.30. The second-order valence-electron chi connectivity index (χ2n) is 2.52. The predicted octanol–water partition coefficient (Wildman–Crippen LogP) is 1.52. The van der Waals surface area contributed by atoms with Gasteiger partial charge in [-0.3, -0.25) is 4.79 Å². The molecule has 0 aliphatic heterocycles. The maximum Gasteiger partial charge on any atom is 0.407 e. The summed E-state index contributed by atoms with van der Waals surface area (Å²) in [5, 5.41) is 2.38. The number of ether oxygens (including phenoxy) is 1. The number of Topliss-reactive ketones (excluding diaryl/α,β-unsaturated/α-hetero) is 1. The van der Waals surface area contributed by atoms with Crippen molar-refractivity contribution in [3.63, 3.8) is 0 Å². The van der Waals surface area contributed by atoms with Gasteiger partial charge in [0, 0.05) is 0 Å². The Balaban J connectivity index is 3.35. The third-order valence-electron chi connectivity index (χ3n) is 1.31. The van der Waals surface area contributed by atoms with E-state index in [1.165, 1.54) is 0 Å². The lowest BCUT2D eigenvalue weighted by Gasteiger charge is -2.04. The van der Waals surface area contributed by atoms with Crippen LogP contribution in [0.25, 0.3) is 0 Å². The van der Waals surface area contributed by atoms with Crippen molar-refractivity contribution in [3.8, 4) is 0 Å². The maximum atomic E-state index is 10.9. The third-order valence-corrected chi connectivity index (χ3v) is 2.16. The van der Waals surface area contributed by atoms with E-state index in [4.69, 9.17) is 4.74 Å². The van der Waals surface area contributed by atoms with E-state index in [9.17, 15) is 9.59 Å². The van der Waals surface area contributed by atoms with Crippen LogP contribution in [0.2, 0.25) is 0 Å². The lowest BCUT2D eigenvalue weighted by molar-refractivity contribution is -0.115. The largest absolute Gasteiger partial charge is 0.450 e. The standard InChI is InChI=1S/C8H14INO3/c1-2-3-4-13-8(12)10-6-7(11)5-9/h2-6H2,1H3,(H,10,12). The molecule has 0 aromatic rings. The molecule has 1 amide bonds. The first kappa shape index (κ1) is 12.7. The number of alkyl carbamates (subject to hydrolysis) is 1. The van der Waals surface area contributed by atoms with E-state index in [1.807, 2.05) is 29.5 Å². The van der Waals surface area contributed by atoms with Crippen molar-refractivity contribution in [3.05, 3.63) is 0 Å². The molecule has 0 radical (unpaired) electrons. The van der Waals surface area contributed by atoms with Crippen molar-refractivity contribution in [2.75, 3.05) is 17.6 Å². The SMILES string of the molecule is CCCCOC(=O)NCC(=O)CI. The number of rotatable bonds is 6. The van der Waals surface area contributed by atoms with Gasteiger partial charge in [0.25, 0.3) is 0 Å². The van der Waals surface area contributed by atoms with Gasteiger partial charge < -0.3 is 10.1 Å². The minimum atomic E-state index is -0.508. The first-order valence-corrected chi connectivity index (χ1v) is 5.71. The van der Waals surface area contributed by atoms with Crippen molar-refractivity contribution >= 4 is 34.5 Å². The van der Waals surface area contributed by atoms with Gasteiger partial charge in [-0.15, -0.1) is 0 Å². The number of carbonyl (C=O) groups excluding carboxylic acids is 2. The van der Waals surface area contributed by atoms with Crippen LogP contribution in [-0.2, 0) is 9.53 Å². The van der Waals surface area contributed by atoms with Crippen LogP contribution in [0, 0.1) is 0 Å². The molecule has 0 saturated carbocycles. The predicted molar refractivity (Wildman–Crippen MR) is 58.2 cm³/mol. The monoisotopic (exact) mass is 299 g/mol. The second-order valence-corrected chi connectivity index (χ2v) is 3.28. The Hall–Kier alpha value is -0.330. The molecule has 5 heteroatoms. The van der Waals surface area contributed by atoms with E-state index in [0.29, 0.717) is 11.0 Å². The first-order chi connectivity index (χ1) is 6.20. The summed E-state index contributed by atoms with van der Waals surface area (Å²) in [7, 11) is 0. The summed E-state index contributed by atoms with van der Waals surface area (Å²) in [4.78, 5) is 21.6. The second kappa shape index (κ2) is 8.28. The van der Waals surface area contributed by atoms with Crippen LogP contribution in [0.3, 0.4) is 0 Å². The van der Waals surface area contributed by atoms with Gasteiger partial charge in [-0.1, -0.05) is 35.9 Å². The number of hydrogen-bond acceptors (Lipinski definition) is 3. The summed E-state index contributed by atoms with van der Waals surface area (Å²) >= 11 is 1.95. The Morgan fingerprint density at radius 2 is 2.15 bits per heavy atom. The third kappa shape index (κ3) is 8.01. The topological polar surface area (TPSA) is 55.4 Å². The molecule has 0 spiro atoms. The Morgan fingerprint density at radius 3 is 2.69 bits per heavy atom. The van der Waals surface area contributed by atoms with Gasteiger partial charge in [-0.25, -0.2) is 4.79 Å². The number of hydrogen-bond donors (Lipinski definition) is 1. The summed E-state index contributed by atoms with van der Waals surface area (Å²) < 4.78 is 5.18. The highest BCUT2D eigenvalue weighted by atomic mass is 127. The quantitative estimate of drug-likeness (QED) is 0.459. The highest BCUT2D eigenvalue weighted by Gasteiger charge is 2.03. The smallest absolute Gasteiger partial charge is 0.407 e. The molecule has 0 heterocycles. The number of unbranched alkanes of at least 4 members (excludes halogenated alkanes) is 1. The fraction of sp³-hybridized carbons (Fsp3) is 0.750. The molecule has 0 aromatic carbocycles. The van der Waals surface area contributed by atoms with E-state index < -0.39 is 6.09 Å². The lowest BCUT2D eigenvalue weighted by atomic mass is 10.4. The van der Waals surface area contributed by atoms with Gasteiger partial charge in [0.1, 0.15) is 0 Å². The number of ketones is 1. The first-order valence-electron chi connectivity index (χ1n) is 4.19. The Kier molecular flexibility index (Phi) is 8.07. The minimum absolute atomic E-state index is 0.00644. The summed E-state index contributed by atoms with van der Waals surface area (Å²) in [6.45, 7) is 2.50. The highest BCUT2D eigenvalue weighted by molar-refractivity contribution is 14.1. The van der Waals surface area contributed by atoms with E-state index in [1.54, 1.807) is 0 Å². The zero-order chi connectivity index (χ0) is 10.1. The van der Waals surface area contributed by atoms with E-state index in [-0.39, 0.29) is 12.3 Å². The van der Waals surface area contributed by atoms with Gasteiger partial charge in [0.2, 0.25) is 0 Å². The highest BCUT2D eigenvalue weighted by Crippen LogP contribution is 1.88. The number of halogens is 1. The average Bonchev–Trinajstić information content (AvgIpc) is 2.14. The van der Waals surface area contributed by atoms with Crippen LogP contribution < -0.4 is 5.32 Å². The van der Waals surface area contributed by atoms with Crippen LogP contribution >= 0.6 is 22.6 Å². The van der Waals surface area contributed by atoms with Crippen LogP contribution in [-0.4, -0.2) is 29.5 Å². The molecule has 76 valence electrons. The van der Waals surface area contributed by atoms with Crippen molar-refractivity contribution in [1.82, 2.24) is 5.32 Å². The van der Waals surface area contributed by atoms with Gasteiger partial charge in [0.15, 0.2) is 5.78 Å². The Labute approximate surface area is 91.5 Å². The average molecular weight is 299 g/mol. The van der Waals surface area contributed by atoms with E-state index in [0.717, 1.165) is 12.8 Å². The van der Waals surface area contributed by atoms with Gasteiger partial charge in [-0.05, 0) is 6.42 Å². The molecular weight excluding hydrogens is 285 g/mol. The molecule has 0 atom stereocenters. The number of alkyl halides is 1. The van der Waals surface area contributed by atoms with Crippen molar-refractivity contribution < 1.29 is 14.3 Å². The normalized spacial score (nSPS) is 9.38. The van der Waals surface area contributed by atoms with E-state index in [2.05, 4.69) is 5.32 Å². The summed E-state index contributed by atoms with van der Waals surface area (Å²) in [5.74, 6) is -0.00644. The van der Waals surface area contributed by atoms with Crippen LogP contribution in [0.1, 0.15) is 19.8 Å². The molecular formula is C8H14INO3. The fourth-order valence-electron chi connectivity index (χ4n) is 0.578. The summed E-state index contributed by atoms with van der Waals surface area (Å²) in [6.07, 6.45) is 1.33. The molecule has 0 saturated heterocycles. The molecule has 0 aliphatic carbocycles. The van der Waals surface area contributed by atoms with Crippen LogP contribution in [0.5, 0.6) is 0 Å². The molecule has 4 nitrogen and oxygen atoms in total. The van der Waals surface area contributed by atoms with Gasteiger partial charge in [-0.2, -0.15) is 0 Å². The molecule has 13 heavy (non-hydrogen) atoms. The van der Waals surface area contributed by atoms with Crippen molar-refractivity contribution in [1.29, 1.82) is 0 Å². The molecule has 0 bridgehead atoms. The Morgan fingerprint density at radius 1 is 1.46 bits per heavy atom. The van der Waals surface area contributed by atoms with Crippen LogP contribution in [0.4, 0.5) is 4.79 Å². The van der Waals surface area contributed by atoms with E-state index >= 15 is 0 Å². The fourth-order valence-corrected chi connectivity index (χ4v) is 0.848. The number of nitrogens with one attached hydrogen (secondary N) is 1. The van der Waals surface area contributed by atoms with Gasteiger partial charge in [0.05, 0.1) is 17.6 Å². The van der Waals surface area contributed by atoms with Crippen molar-refractivity contribution in [2.45, 2.75) is 19.8 Å². The zero-order valence-electron chi connectivity index (χ0n) is 7.64. The minimum Gasteiger partial charge on any atom is -0.450 e. The molecule has 0 aliphatic rings. The zero-order valence-corrected chi connectivity index (χ0v) is 9.80. The van der Waals surface area contributed by atoms with Gasteiger partial charge >= 0.3 is 6.09 Å². The summed E-state index contributed by atoms with van der Waals surface area (Å²) in [6, 6.07) is 0. The summed E-state index contributed by atoms with van der Waals surface area (Å²) in [5.41, 5.74) is 0. The number of carbonyl (C=O) groups is 2. The molecule has 0 unspecified atom stereocenters. The molecule has 0 fully saturated rings. The number of amides is 1. The van der Waals surface area contributed by atoms with Crippen molar-refractivity contribution in [2.24, 2.45) is 0 Å². The molecule has 0 rings (SSSR count). The Bertz CT molecular complexity index is 173. The molecule has 0 aromatic heterocycles. The maximum absolute atomic E-state index is 10.9.